The molecule has 0 aromatic rings. The van der Waals surface area contributed by atoms with Crippen LogP contribution in [0.4, 0.5) is 0 Å². The second-order valence-corrected chi connectivity index (χ2v) is 16.5. The van der Waals surface area contributed by atoms with Crippen molar-refractivity contribution in [1.82, 2.24) is 4.90 Å². The average Bonchev–Trinajstić information content (AvgIpc) is 3.05. The van der Waals surface area contributed by atoms with Gasteiger partial charge in [0, 0.05) is 37.3 Å². The van der Waals surface area contributed by atoms with Crippen LogP contribution in [0.2, 0.25) is 0 Å². The van der Waals surface area contributed by atoms with Crippen molar-refractivity contribution in [3.8, 4) is 0 Å². The maximum Gasteiger partial charge on any atom is 0.311 e. The van der Waals surface area contributed by atoms with Crippen molar-refractivity contribution < 1.29 is 63.5 Å². The van der Waals surface area contributed by atoms with E-state index in [0.717, 1.165) is 0 Å². The van der Waals surface area contributed by atoms with Gasteiger partial charge in [-0.1, -0.05) is 27.7 Å². The van der Waals surface area contributed by atoms with Crippen molar-refractivity contribution >= 4 is 11.8 Å². The number of Topliss-reactive ketones (excluding diaryl/α,β-unsaturated/α-hetero) is 1. The Balaban J connectivity index is 2.18. The lowest BCUT2D eigenvalue weighted by Gasteiger charge is -2.49. The minimum absolute atomic E-state index is 0.0936. The minimum Gasteiger partial charge on any atom is -0.459 e. The van der Waals surface area contributed by atoms with Crippen LogP contribution in [0.15, 0.2) is 0 Å². The first-order valence-corrected chi connectivity index (χ1v) is 18.5. The molecule has 3 aliphatic rings. The summed E-state index contributed by atoms with van der Waals surface area (Å²) in [5, 5.41) is 57.6. The van der Waals surface area contributed by atoms with Crippen LogP contribution < -0.4 is 0 Å². The summed E-state index contributed by atoms with van der Waals surface area (Å²) in [4.78, 5) is 29.8. The van der Waals surface area contributed by atoms with Crippen LogP contribution in [0.25, 0.3) is 0 Å². The van der Waals surface area contributed by atoms with Gasteiger partial charge < -0.3 is 58.9 Å². The quantitative estimate of drug-likeness (QED) is 0.238. The number of likely N-dealkylation sites (N-methyl/N-ethyl adjacent to an activating group) is 1. The Morgan fingerprint density at radius 1 is 0.882 bits per heavy atom. The summed E-state index contributed by atoms with van der Waals surface area (Å²) in [6.07, 6.45) is -9.71. The molecular weight excluding hydrogens is 666 g/mol. The Kier molecular flexibility index (Phi) is 14.7. The van der Waals surface area contributed by atoms with Gasteiger partial charge in [0.2, 0.25) is 0 Å². The third-order valence-corrected chi connectivity index (χ3v) is 11.8. The molecule has 0 saturated carbocycles. The van der Waals surface area contributed by atoms with E-state index in [4.69, 9.17) is 28.4 Å². The highest BCUT2D eigenvalue weighted by molar-refractivity contribution is 5.83. The van der Waals surface area contributed by atoms with Gasteiger partial charge in [-0.2, -0.15) is 0 Å². The van der Waals surface area contributed by atoms with Gasteiger partial charge in [-0.3, -0.25) is 9.59 Å². The number of ether oxygens (including phenoxy) is 6. The van der Waals surface area contributed by atoms with Crippen LogP contribution in [-0.2, 0) is 38.0 Å². The minimum atomic E-state index is -1.99. The van der Waals surface area contributed by atoms with Crippen molar-refractivity contribution in [1.29, 1.82) is 0 Å². The zero-order valence-corrected chi connectivity index (χ0v) is 32.9. The number of hydrogen-bond acceptors (Lipinski definition) is 14. The number of hydrogen-bond donors (Lipinski definition) is 5. The van der Waals surface area contributed by atoms with Crippen molar-refractivity contribution in [3.05, 3.63) is 0 Å². The highest BCUT2D eigenvalue weighted by Gasteiger charge is 2.53. The first kappa shape index (κ1) is 44.1. The number of aliphatic hydroxyl groups excluding tert-OH is 3. The van der Waals surface area contributed by atoms with Crippen LogP contribution in [-0.4, -0.2) is 148 Å². The molecule has 0 radical (unpaired) electrons. The Labute approximate surface area is 304 Å². The van der Waals surface area contributed by atoms with Crippen molar-refractivity contribution in [2.75, 3.05) is 21.2 Å². The Morgan fingerprint density at radius 3 is 2.04 bits per heavy atom. The van der Waals surface area contributed by atoms with Gasteiger partial charge in [0.25, 0.3) is 0 Å². The van der Waals surface area contributed by atoms with E-state index in [0.29, 0.717) is 6.42 Å². The zero-order chi connectivity index (χ0) is 39.0. The number of methoxy groups -OCH3 is 1. The molecule has 0 aliphatic carbocycles. The molecule has 5 N–H and O–H groups in total. The molecule has 14 nitrogen and oxygen atoms in total. The smallest absolute Gasteiger partial charge is 0.311 e. The SMILES string of the molecule is CCC1OC(=O)C(C)C(O[C@H]2C[C@@](C)(OC)C(O)C(C)O2)C(C)C(O[C@H]2OC(C)CC(N(C)C)C2O)[C@](C)(O)CC(C)C(=O)C(C)C(O)[C@]1(C)O. The van der Waals surface area contributed by atoms with E-state index in [-0.39, 0.29) is 31.4 Å². The van der Waals surface area contributed by atoms with Gasteiger partial charge in [-0.15, -0.1) is 0 Å². The van der Waals surface area contributed by atoms with Crippen LogP contribution in [0.1, 0.15) is 94.9 Å². The Bertz CT molecular complexity index is 1170. The standard InChI is InChI=1S/C37H67NO13/c1-14-25-37(10,45)30(41)20(4)27(39)18(2)16-35(8,44)32(51-34-28(40)24(38(11)12)15-19(3)47-34)21(5)29(22(6)33(43)49-25)50-26-17-36(9,46-13)31(42)23(7)48-26/h18-26,28-32,34,40-42,44-45H,14-17H2,1-13H3/t18?,19?,20?,21?,22?,23?,24?,25?,26-,28?,29?,30?,31?,32?,34+,35+,36+,37+/m0/s1. The van der Waals surface area contributed by atoms with E-state index < -0.39 is 108 Å². The summed E-state index contributed by atoms with van der Waals surface area (Å²) in [7, 11) is 5.18. The van der Waals surface area contributed by atoms with Crippen LogP contribution >= 0.6 is 0 Å². The fraction of sp³-hybridized carbons (Fsp3) is 0.946. The maximum atomic E-state index is 14.1. The molecule has 0 amide bonds. The first-order valence-electron chi connectivity index (χ1n) is 18.5. The molecule has 3 aliphatic heterocycles. The van der Waals surface area contributed by atoms with Crippen LogP contribution in [0.3, 0.4) is 0 Å². The topological polar surface area (TPSA) is 194 Å². The molecule has 298 valence electrons. The highest BCUT2D eigenvalue weighted by atomic mass is 16.7. The first-order chi connectivity index (χ1) is 23.4. The van der Waals surface area contributed by atoms with Gasteiger partial charge in [0.15, 0.2) is 12.6 Å². The molecule has 51 heavy (non-hydrogen) atoms. The van der Waals surface area contributed by atoms with E-state index >= 15 is 0 Å². The van der Waals surface area contributed by atoms with Crippen molar-refractivity contribution in [2.45, 2.75) is 179 Å². The Hall–Kier alpha value is -1.30. The fourth-order valence-electron chi connectivity index (χ4n) is 8.41. The normalized spacial score (nSPS) is 49.7. The summed E-state index contributed by atoms with van der Waals surface area (Å²) < 4.78 is 37.1. The van der Waals surface area contributed by atoms with Gasteiger partial charge in [-0.25, -0.2) is 0 Å². The predicted molar refractivity (Wildman–Crippen MR) is 186 cm³/mol. The molecule has 0 spiro atoms. The highest BCUT2D eigenvalue weighted by Crippen LogP contribution is 2.40. The molecular formula is C37H67NO13. The summed E-state index contributed by atoms with van der Waals surface area (Å²) in [5.74, 6) is -4.98. The van der Waals surface area contributed by atoms with Gasteiger partial charge in [0.1, 0.15) is 29.7 Å². The number of nitrogens with zero attached hydrogens (tertiary/aromatic N) is 1. The maximum absolute atomic E-state index is 14.1. The number of cyclic esters (lactones) is 1. The lowest BCUT2D eigenvalue weighted by molar-refractivity contribution is -0.318. The predicted octanol–water partition coefficient (Wildman–Crippen LogP) is 1.79. The molecule has 18 atom stereocenters. The second kappa shape index (κ2) is 17.0. The van der Waals surface area contributed by atoms with Gasteiger partial charge in [0.05, 0.1) is 47.6 Å². The monoisotopic (exact) mass is 733 g/mol. The van der Waals surface area contributed by atoms with Gasteiger partial charge >= 0.3 is 5.97 Å². The van der Waals surface area contributed by atoms with Crippen molar-refractivity contribution in [3.63, 3.8) is 0 Å². The second-order valence-electron chi connectivity index (χ2n) is 16.5. The van der Waals surface area contributed by atoms with Crippen LogP contribution in [0, 0.1) is 23.7 Å². The fourth-order valence-corrected chi connectivity index (χ4v) is 8.41. The lowest BCUT2D eigenvalue weighted by atomic mass is 9.74. The molecule has 13 unspecified atom stereocenters. The van der Waals surface area contributed by atoms with Crippen molar-refractivity contribution in [2.24, 2.45) is 23.7 Å². The molecule has 3 heterocycles. The summed E-state index contributed by atoms with van der Waals surface area (Å²) >= 11 is 0. The molecule has 0 bridgehead atoms. The van der Waals surface area contributed by atoms with E-state index in [2.05, 4.69) is 0 Å². The summed E-state index contributed by atoms with van der Waals surface area (Å²) in [5.41, 5.74) is -4.84. The number of rotatable bonds is 7. The number of ketones is 1. The molecule has 3 rings (SSSR count). The number of carbonyl (C=O) groups excluding carboxylic acids is 2. The molecule has 14 heteroatoms. The average molecular weight is 734 g/mol. The van der Waals surface area contributed by atoms with Crippen LogP contribution in [0.5, 0.6) is 0 Å². The van der Waals surface area contributed by atoms with E-state index in [9.17, 15) is 35.1 Å². The van der Waals surface area contributed by atoms with E-state index in [1.54, 1.807) is 41.5 Å². The van der Waals surface area contributed by atoms with E-state index in [1.807, 2.05) is 25.9 Å². The largest absolute Gasteiger partial charge is 0.459 e. The molecule has 3 fully saturated rings. The lowest BCUT2D eigenvalue weighted by Crippen LogP contribution is -2.61. The third kappa shape index (κ3) is 9.51. The zero-order valence-electron chi connectivity index (χ0n) is 32.9. The molecule has 3 saturated heterocycles. The van der Waals surface area contributed by atoms with Gasteiger partial charge in [-0.05, 0) is 74.9 Å². The molecule has 0 aromatic carbocycles. The summed E-state index contributed by atoms with van der Waals surface area (Å²) in [6.45, 7) is 16.3. The summed E-state index contributed by atoms with van der Waals surface area (Å²) in [6, 6.07) is -0.324. The van der Waals surface area contributed by atoms with E-state index in [1.165, 1.54) is 27.9 Å². The number of aliphatic hydroxyl groups is 5. The molecule has 0 aromatic heterocycles. The third-order valence-electron chi connectivity index (χ3n) is 11.8. The Morgan fingerprint density at radius 2 is 1.49 bits per heavy atom. The number of carbonyl (C=O) groups is 2. The number of esters is 1.